The van der Waals surface area contributed by atoms with Crippen LogP contribution in [0.5, 0.6) is 5.75 Å². The first-order valence-electron chi connectivity index (χ1n) is 7.49. The van der Waals surface area contributed by atoms with Crippen molar-refractivity contribution in [2.24, 2.45) is 5.92 Å². The van der Waals surface area contributed by atoms with Crippen LogP contribution in [0.4, 0.5) is 0 Å². The van der Waals surface area contributed by atoms with Crippen LogP contribution >= 0.6 is 15.9 Å². The third-order valence-electron chi connectivity index (χ3n) is 4.37. The van der Waals surface area contributed by atoms with Gasteiger partial charge in [0.05, 0.1) is 7.11 Å². The molecule has 2 heteroatoms. The minimum atomic E-state index is 0.486. The van der Waals surface area contributed by atoms with Crippen LogP contribution in [-0.4, -0.2) is 7.11 Å². The molecule has 0 N–H and O–H groups in total. The van der Waals surface area contributed by atoms with E-state index in [1.165, 1.54) is 56.1 Å². The number of halogens is 1. The summed E-state index contributed by atoms with van der Waals surface area (Å²) in [5.74, 6) is 1.92. The van der Waals surface area contributed by atoms with Crippen molar-refractivity contribution in [3.8, 4) is 5.75 Å². The second kappa shape index (κ2) is 7.33. The molecule has 0 radical (unpaired) electrons. The minimum absolute atomic E-state index is 0.486. The zero-order valence-electron chi connectivity index (χ0n) is 12.1. The Balaban J connectivity index is 1.89. The van der Waals surface area contributed by atoms with Crippen molar-refractivity contribution in [3.05, 3.63) is 29.3 Å². The molecule has 1 saturated carbocycles. The van der Waals surface area contributed by atoms with E-state index in [1.54, 1.807) is 7.11 Å². The first-order valence-corrected chi connectivity index (χ1v) is 8.41. The number of benzene rings is 1. The summed E-state index contributed by atoms with van der Waals surface area (Å²) < 4.78 is 5.27. The summed E-state index contributed by atoms with van der Waals surface area (Å²) >= 11 is 3.87. The number of ether oxygens (including phenoxy) is 1. The van der Waals surface area contributed by atoms with Gasteiger partial charge in [0.1, 0.15) is 5.75 Å². The highest BCUT2D eigenvalue weighted by Crippen LogP contribution is 2.36. The molecule has 19 heavy (non-hydrogen) atoms. The Bertz CT molecular complexity index is 396. The van der Waals surface area contributed by atoms with Gasteiger partial charge in [0.15, 0.2) is 0 Å². The van der Waals surface area contributed by atoms with Gasteiger partial charge in [-0.25, -0.2) is 0 Å². The van der Waals surface area contributed by atoms with Gasteiger partial charge in [0.25, 0.3) is 0 Å². The van der Waals surface area contributed by atoms with Crippen molar-refractivity contribution in [1.29, 1.82) is 0 Å². The lowest BCUT2D eigenvalue weighted by atomic mass is 9.85. The van der Waals surface area contributed by atoms with Crippen LogP contribution in [-0.2, 0) is 0 Å². The highest BCUT2D eigenvalue weighted by atomic mass is 79.9. The van der Waals surface area contributed by atoms with Crippen LogP contribution < -0.4 is 4.74 Å². The Kier molecular flexibility index (Phi) is 5.75. The van der Waals surface area contributed by atoms with Gasteiger partial charge >= 0.3 is 0 Å². The van der Waals surface area contributed by atoms with E-state index in [9.17, 15) is 0 Å². The summed E-state index contributed by atoms with van der Waals surface area (Å²) in [5.41, 5.74) is 2.74. The molecule has 0 aliphatic heterocycles. The van der Waals surface area contributed by atoms with E-state index in [0.717, 1.165) is 11.7 Å². The van der Waals surface area contributed by atoms with Crippen LogP contribution in [0.2, 0.25) is 0 Å². The van der Waals surface area contributed by atoms with E-state index >= 15 is 0 Å². The van der Waals surface area contributed by atoms with E-state index in [4.69, 9.17) is 4.74 Å². The average Bonchev–Trinajstić information content (AvgIpc) is 2.45. The zero-order chi connectivity index (χ0) is 13.7. The Morgan fingerprint density at radius 2 is 2.00 bits per heavy atom. The van der Waals surface area contributed by atoms with E-state index in [0.29, 0.717) is 4.83 Å². The lowest BCUT2D eigenvalue weighted by Gasteiger charge is -2.23. The maximum atomic E-state index is 5.27. The molecule has 1 nitrogen and oxygen atoms in total. The van der Waals surface area contributed by atoms with Gasteiger partial charge in [0, 0.05) is 4.83 Å². The molecule has 0 amide bonds. The number of hydrogen-bond donors (Lipinski definition) is 0. The summed E-state index contributed by atoms with van der Waals surface area (Å²) in [6.07, 6.45) is 9.84. The van der Waals surface area contributed by atoms with Crippen molar-refractivity contribution in [2.45, 2.75) is 56.7 Å². The summed E-state index contributed by atoms with van der Waals surface area (Å²) in [4.78, 5) is 0.486. The number of aryl methyl sites for hydroxylation is 1. The molecule has 1 aromatic rings. The molecule has 0 heterocycles. The third-order valence-corrected chi connectivity index (χ3v) is 5.32. The first-order chi connectivity index (χ1) is 9.20. The lowest BCUT2D eigenvalue weighted by Crippen LogP contribution is -2.07. The SMILES string of the molecule is COc1ccc(C(Br)CCC2CCCCC2)c(C)c1. The van der Waals surface area contributed by atoms with Gasteiger partial charge in [-0.2, -0.15) is 0 Å². The van der Waals surface area contributed by atoms with E-state index in [2.05, 4.69) is 41.1 Å². The van der Waals surface area contributed by atoms with Crippen molar-refractivity contribution >= 4 is 15.9 Å². The summed E-state index contributed by atoms with van der Waals surface area (Å²) in [7, 11) is 1.73. The molecule has 1 aliphatic rings. The molecule has 0 bridgehead atoms. The van der Waals surface area contributed by atoms with Gasteiger partial charge < -0.3 is 4.74 Å². The molecule has 0 saturated heterocycles. The van der Waals surface area contributed by atoms with Gasteiger partial charge in [-0.1, -0.05) is 54.1 Å². The number of hydrogen-bond acceptors (Lipinski definition) is 1. The van der Waals surface area contributed by atoms with Gasteiger partial charge in [0.2, 0.25) is 0 Å². The van der Waals surface area contributed by atoms with Crippen LogP contribution in [0, 0.1) is 12.8 Å². The van der Waals surface area contributed by atoms with Crippen molar-refractivity contribution in [1.82, 2.24) is 0 Å². The molecule has 106 valence electrons. The molecule has 0 spiro atoms. The second-order valence-corrected chi connectivity index (χ2v) is 6.88. The highest BCUT2D eigenvalue weighted by molar-refractivity contribution is 9.09. The molecular formula is C17H25BrO. The van der Waals surface area contributed by atoms with Gasteiger partial charge in [-0.15, -0.1) is 0 Å². The summed E-state index contributed by atoms with van der Waals surface area (Å²) in [6.45, 7) is 2.17. The third kappa shape index (κ3) is 4.24. The van der Waals surface area contributed by atoms with Crippen LogP contribution in [0.25, 0.3) is 0 Å². The van der Waals surface area contributed by atoms with E-state index in [1.807, 2.05) is 0 Å². The standard InChI is InChI=1S/C17H25BrO/c1-13-12-15(19-2)9-10-16(13)17(18)11-8-14-6-4-3-5-7-14/h9-10,12,14,17H,3-8,11H2,1-2H3. The quantitative estimate of drug-likeness (QED) is 0.622. The maximum Gasteiger partial charge on any atom is 0.119 e. The molecule has 1 aliphatic carbocycles. The normalized spacial score (nSPS) is 18.3. The van der Waals surface area contributed by atoms with E-state index in [-0.39, 0.29) is 0 Å². The fourth-order valence-corrected chi connectivity index (χ4v) is 3.92. The van der Waals surface area contributed by atoms with Gasteiger partial charge in [-0.3, -0.25) is 0 Å². The molecule has 1 unspecified atom stereocenters. The maximum absolute atomic E-state index is 5.27. The number of rotatable bonds is 5. The average molecular weight is 325 g/mol. The van der Waals surface area contributed by atoms with Crippen LogP contribution in [0.1, 0.15) is 60.9 Å². The largest absolute Gasteiger partial charge is 0.497 e. The molecular weight excluding hydrogens is 300 g/mol. The molecule has 1 fully saturated rings. The minimum Gasteiger partial charge on any atom is -0.497 e. The predicted molar refractivity (Wildman–Crippen MR) is 85.2 cm³/mol. The van der Waals surface area contributed by atoms with E-state index < -0.39 is 0 Å². The zero-order valence-corrected chi connectivity index (χ0v) is 13.7. The second-order valence-electron chi connectivity index (χ2n) is 5.77. The Morgan fingerprint density at radius 3 is 2.63 bits per heavy atom. The Labute approximate surface area is 125 Å². The van der Waals surface area contributed by atoms with Crippen LogP contribution in [0.3, 0.4) is 0 Å². The van der Waals surface area contributed by atoms with Crippen molar-refractivity contribution < 1.29 is 4.74 Å². The first kappa shape index (κ1) is 14.9. The molecule has 1 atom stereocenters. The predicted octanol–water partition coefficient (Wildman–Crippen LogP) is 5.80. The summed E-state index contributed by atoms with van der Waals surface area (Å²) in [5, 5.41) is 0. The Morgan fingerprint density at radius 1 is 1.26 bits per heavy atom. The van der Waals surface area contributed by atoms with Gasteiger partial charge in [-0.05, 0) is 48.9 Å². The molecule has 1 aromatic carbocycles. The fourth-order valence-electron chi connectivity index (χ4n) is 3.14. The highest BCUT2D eigenvalue weighted by Gasteiger charge is 2.17. The number of methoxy groups -OCH3 is 1. The van der Waals surface area contributed by atoms with Crippen LogP contribution in [0.15, 0.2) is 18.2 Å². The smallest absolute Gasteiger partial charge is 0.119 e. The number of alkyl halides is 1. The Hall–Kier alpha value is -0.500. The fraction of sp³-hybridized carbons (Fsp3) is 0.647. The van der Waals surface area contributed by atoms with Crippen molar-refractivity contribution in [2.75, 3.05) is 7.11 Å². The molecule has 2 rings (SSSR count). The van der Waals surface area contributed by atoms with Crippen molar-refractivity contribution in [3.63, 3.8) is 0 Å². The summed E-state index contributed by atoms with van der Waals surface area (Å²) in [6, 6.07) is 6.40. The topological polar surface area (TPSA) is 9.23 Å². The lowest BCUT2D eigenvalue weighted by molar-refractivity contribution is 0.332. The monoisotopic (exact) mass is 324 g/mol. The molecule has 0 aromatic heterocycles.